The number of hydrazone groups is 1. The Kier molecular flexibility index (Phi) is 5.42. The monoisotopic (exact) mass is 255 g/mol. The second-order valence-corrected chi connectivity index (χ2v) is 3.92. The molecule has 0 fully saturated rings. The minimum absolute atomic E-state index is 0.0786. The summed E-state index contributed by atoms with van der Waals surface area (Å²) in [7, 11) is 0. The van der Waals surface area contributed by atoms with Crippen molar-refractivity contribution < 1.29 is 4.92 Å². The van der Waals surface area contributed by atoms with E-state index in [0.29, 0.717) is 10.7 Å². The maximum Gasteiger partial charge on any atom is 0.295 e. The highest BCUT2D eigenvalue weighted by Gasteiger charge is 2.13. The normalized spacial score (nSPS) is 10.7. The zero-order valence-corrected chi connectivity index (χ0v) is 10.3. The van der Waals surface area contributed by atoms with E-state index in [1.54, 1.807) is 12.3 Å². The smallest absolute Gasteiger partial charge is 0.272 e. The van der Waals surface area contributed by atoms with Crippen LogP contribution in [0.25, 0.3) is 0 Å². The quantitative estimate of drug-likeness (QED) is 0.363. The predicted octanol–water partition coefficient (Wildman–Crippen LogP) is 3.84. The van der Waals surface area contributed by atoms with Gasteiger partial charge >= 0.3 is 0 Å². The van der Waals surface area contributed by atoms with Crippen LogP contribution >= 0.6 is 11.6 Å². The van der Waals surface area contributed by atoms with E-state index in [4.69, 9.17) is 11.6 Å². The molecule has 0 saturated heterocycles. The van der Waals surface area contributed by atoms with Gasteiger partial charge in [0.05, 0.1) is 4.92 Å². The zero-order valence-electron chi connectivity index (χ0n) is 9.52. The van der Waals surface area contributed by atoms with Gasteiger partial charge in [-0.1, -0.05) is 24.9 Å². The number of nitro benzene ring substituents is 1. The maximum atomic E-state index is 10.8. The van der Waals surface area contributed by atoms with E-state index in [0.717, 1.165) is 19.3 Å². The standard InChI is InChI=1S/C11H14ClN3O2/c1-2-3-4-7-13-14-10-6-5-9(12)8-11(10)15(16)17/h5-8,14H,2-4H2,1H3/b13-7+. The molecule has 0 aromatic heterocycles. The maximum absolute atomic E-state index is 10.8. The Bertz CT molecular complexity index is 421. The van der Waals surface area contributed by atoms with E-state index in [2.05, 4.69) is 17.5 Å². The lowest BCUT2D eigenvalue weighted by atomic mass is 10.3. The molecule has 6 heteroatoms. The van der Waals surface area contributed by atoms with Gasteiger partial charge in [0.2, 0.25) is 0 Å². The Morgan fingerprint density at radius 1 is 1.59 bits per heavy atom. The van der Waals surface area contributed by atoms with E-state index in [-0.39, 0.29) is 5.69 Å². The van der Waals surface area contributed by atoms with Crippen LogP contribution in [0.5, 0.6) is 0 Å². The summed E-state index contributed by atoms with van der Waals surface area (Å²) in [5, 5.41) is 15.0. The van der Waals surface area contributed by atoms with Gasteiger partial charge in [0.15, 0.2) is 0 Å². The number of nitrogens with one attached hydrogen (secondary N) is 1. The topological polar surface area (TPSA) is 67.5 Å². The Labute approximate surface area is 105 Å². The Morgan fingerprint density at radius 3 is 3.00 bits per heavy atom. The number of benzene rings is 1. The van der Waals surface area contributed by atoms with Gasteiger partial charge in [-0.3, -0.25) is 15.5 Å². The summed E-state index contributed by atoms with van der Waals surface area (Å²) in [4.78, 5) is 10.3. The van der Waals surface area contributed by atoms with E-state index in [9.17, 15) is 10.1 Å². The lowest BCUT2D eigenvalue weighted by Gasteiger charge is -2.01. The summed E-state index contributed by atoms with van der Waals surface area (Å²) < 4.78 is 0. The van der Waals surface area contributed by atoms with Gasteiger partial charge in [-0.25, -0.2) is 0 Å². The highest BCUT2D eigenvalue weighted by Crippen LogP contribution is 2.27. The summed E-state index contributed by atoms with van der Waals surface area (Å²) in [6.07, 6.45) is 4.70. The van der Waals surface area contributed by atoms with Crippen LogP contribution in [-0.2, 0) is 0 Å². The van der Waals surface area contributed by atoms with Gasteiger partial charge < -0.3 is 0 Å². The Morgan fingerprint density at radius 2 is 2.35 bits per heavy atom. The molecule has 0 amide bonds. The molecule has 0 aliphatic heterocycles. The molecule has 1 N–H and O–H groups in total. The molecule has 0 unspecified atom stereocenters. The molecule has 17 heavy (non-hydrogen) atoms. The van der Waals surface area contributed by atoms with Crippen LogP contribution in [0, 0.1) is 10.1 Å². The third-order valence-electron chi connectivity index (χ3n) is 2.12. The van der Waals surface area contributed by atoms with Crippen molar-refractivity contribution in [2.75, 3.05) is 5.43 Å². The largest absolute Gasteiger partial charge is 0.295 e. The van der Waals surface area contributed by atoms with Crippen molar-refractivity contribution in [3.8, 4) is 0 Å². The molecule has 92 valence electrons. The summed E-state index contributed by atoms with van der Waals surface area (Å²) in [5.74, 6) is 0. The van der Waals surface area contributed by atoms with Crippen molar-refractivity contribution in [2.24, 2.45) is 5.10 Å². The predicted molar refractivity (Wildman–Crippen MR) is 69.7 cm³/mol. The molecule has 0 aliphatic rings. The first kappa shape index (κ1) is 13.4. The van der Waals surface area contributed by atoms with Crippen LogP contribution in [0.2, 0.25) is 5.02 Å². The number of rotatable bonds is 6. The van der Waals surface area contributed by atoms with Crippen LogP contribution in [0.3, 0.4) is 0 Å². The second-order valence-electron chi connectivity index (χ2n) is 3.48. The van der Waals surface area contributed by atoms with E-state index >= 15 is 0 Å². The molecule has 1 aromatic carbocycles. The highest BCUT2D eigenvalue weighted by molar-refractivity contribution is 6.30. The summed E-state index contributed by atoms with van der Waals surface area (Å²) in [6, 6.07) is 4.42. The van der Waals surface area contributed by atoms with Gasteiger partial charge in [0.25, 0.3) is 5.69 Å². The van der Waals surface area contributed by atoms with E-state index in [1.165, 1.54) is 12.1 Å². The molecule has 0 saturated carbocycles. The average Bonchev–Trinajstić information content (AvgIpc) is 2.30. The third-order valence-corrected chi connectivity index (χ3v) is 2.35. The fourth-order valence-electron chi connectivity index (χ4n) is 1.23. The molecule has 0 aliphatic carbocycles. The lowest BCUT2D eigenvalue weighted by Crippen LogP contribution is -1.96. The van der Waals surface area contributed by atoms with Crippen LogP contribution in [0.4, 0.5) is 11.4 Å². The van der Waals surface area contributed by atoms with Gasteiger partial charge in [0.1, 0.15) is 5.69 Å². The van der Waals surface area contributed by atoms with Crippen LogP contribution in [0.1, 0.15) is 26.2 Å². The van der Waals surface area contributed by atoms with Gasteiger partial charge in [-0.05, 0) is 25.0 Å². The van der Waals surface area contributed by atoms with Crippen molar-refractivity contribution in [1.29, 1.82) is 0 Å². The summed E-state index contributed by atoms with van der Waals surface area (Å²) >= 11 is 5.69. The number of nitrogens with zero attached hydrogens (tertiary/aromatic N) is 2. The molecule has 1 aromatic rings. The zero-order chi connectivity index (χ0) is 12.7. The minimum atomic E-state index is -0.490. The van der Waals surface area contributed by atoms with Crippen LogP contribution in [-0.4, -0.2) is 11.1 Å². The fraction of sp³-hybridized carbons (Fsp3) is 0.364. The van der Waals surface area contributed by atoms with Crippen LogP contribution < -0.4 is 5.43 Å². The first-order chi connectivity index (χ1) is 8.15. The van der Waals surface area contributed by atoms with Crippen LogP contribution in [0.15, 0.2) is 23.3 Å². The number of unbranched alkanes of at least 4 members (excludes halogenated alkanes) is 2. The van der Waals surface area contributed by atoms with Gasteiger partial charge in [0, 0.05) is 17.3 Å². The fourth-order valence-corrected chi connectivity index (χ4v) is 1.39. The molecule has 0 heterocycles. The summed E-state index contributed by atoms with van der Waals surface area (Å²) in [5.41, 5.74) is 2.91. The minimum Gasteiger partial charge on any atom is -0.272 e. The Balaban J connectivity index is 2.70. The first-order valence-corrected chi connectivity index (χ1v) is 5.74. The highest BCUT2D eigenvalue weighted by atomic mass is 35.5. The number of nitro groups is 1. The number of hydrogen-bond donors (Lipinski definition) is 1. The first-order valence-electron chi connectivity index (χ1n) is 5.36. The average molecular weight is 256 g/mol. The van der Waals surface area contributed by atoms with Crippen molar-refractivity contribution in [1.82, 2.24) is 0 Å². The molecule has 0 spiro atoms. The molecule has 0 radical (unpaired) electrons. The number of hydrogen-bond acceptors (Lipinski definition) is 4. The van der Waals surface area contributed by atoms with Crippen molar-refractivity contribution in [3.63, 3.8) is 0 Å². The van der Waals surface area contributed by atoms with E-state index in [1.807, 2.05) is 0 Å². The molecular formula is C11H14ClN3O2. The van der Waals surface area contributed by atoms with Gasteiger partial charge in [-0.2, -0.15) is 5.10 Å². The van der Waals surface area contributed by atoms with Crippen molar-refractivity contribution in [2.45, 2.75) is 26.2 Å². The number of halogens is 1. The molecule has 0 atom stereocenters. The summed E-state index contributed by atoms with van der Waals surface area (Å²) in [6.45, 7) is 2.09. The lowest BCUT2D eigenvalue weighted by molar-refractivity contribution is -0.383. The molecule has 5 nitrogen and oxygen atoms in total. The second kappa shape index (κ2) is 6.85. The molecule has 1 rings (SSSR count). The van der Waals surface area contributed by atoms with Crippen molar-refractivity contribution in [3.05, 3.63) is 33.3 Å². The SMILES string of the molecule is CCCC/C=N/Nc1ccc(Cl)cc1[N+](=O)[O-]. The van der Waals surface area contributed by atoms with Crippen molar-refractivity contribution >= 4 is 29.2 Å². The van der Waals surface area contributed by atoms with Gasteiger partial charge in [-0.15, -0.1) is 0 Å². The van der Waals surface area contributed by atoms with E-state index < -0.39 is 4.92 Å². The Hall–Kier alpha value is -1.62. The molecular weight excluding hydrogens is 242 g/mol. The molecule has 0 bridgehead atoms. The number of anilines is 1. The third kappa shape index (κ3) is 4.40.